The number of hydrogen-bond acceptors (Lipinski definition) is 2. The molecular formula is C12H11BrO2. The molecule has 0 unspecified atom stereocenters. The zero-order chi connectivity index (χ0) is 11.1. The summed E-state index contributed by atoms with van der Waals surface area (Å²) in [5.41, 5.74) is 1.29. The molecule has 2 rings (SSSR count). The van der Waals surface area contributed by atoms with Gasteiger partial charge in [0.1, 0.15) is 17.6 Å². The van der Waals surface area contributed by atoms with Gasteiger partial charge in [-0.3, -0.25) is 4.79 Å². The first kappa shape index (κ1) is 10.4. The van der Waals surface area contributed by atoms with Crippen LogP contribution in [0.2, 0.25) is 0 Å². The molecule has 0 atom stereocenters. The van der Waals surface area contributed by atoms with Crippen molar-refractivity contribution in [3.05, 3.63) is 33.8 Å². The number of halogens is 1. The van der Waals surface area contributed by atoms with E-state index in [2.05, 4.69) is 15.9 Å². The molecule has 78 valence electrons. The van der Waals surface area contributed by atoms with E-state index in [0.717, 1.165) is 22.1 Å². The highest BCUT2D eigenvalue weighted by atomic mass is 79.9. The number of rotatable bonds is 1. The van der Waals surface area contributed by atoms with Gasteiger partial charge in [0.05, 0.1) is 4.47 Å². The number of benzene rings is 1. The fourth-order valence-electron chi connectivity index (χ4n) is 1.52. The van der Waals surface area contributed by atoms with E-state index in [4.69, 9.17) is 4.74 Å². The van der Waals surface area contributed by atoms with E-state index in [-0.39, 0.29) is 5.60 Å². The molecule has 0 saturated heterocycles. The third-order valence-corrected chi connectivity index (χ3v) is 2.85. The van der Waals surface area contributed by atoms with Gasteiger partial charge in [0, 0.05) is 11.1 Å². The van der Waals surface area contributed by atoms with Crippen LogP contribution in [0.25, 0.3) is 6.08 Å². The second-order valence-corrected chi connectivity index (χ2v) is 4.93. The Balaban J connectivity index is 2.56. The molecule has 1 aliphatic rings. The smallest absolute Gasteiger partial charge is 0.150 e. The quantitative estimate of drug-likeness (QED) is 0.728. The molecule has 0 spiro atoms. The minimum atomic E-state index is -0.293. The lowest BCUT2D eigenvalue weighted by atomic mass is 10.0. The monoisotopic (exact) mass is 266 g/mol. The molecule has 1 heterocycles. The van der Waals surface area contributed by atoms with Crippen LogP contribution in [0, 0.1) is 0 Å². The van der Waals surface area contributed by atoms with Crippen LogP contribution in [0.1, 0.15) is 29.8 Å². The highest BCUT2D eigenvalue weighted by molar-refractivity contribution is 9.10. The van der Waals surface area contributed by atoms with Crippen molar-refractivity contribution in [1.82, 2.24) is 0 Å². The van der Waals surface area contributed by atoms with Crippen molar-refractivity contribution in [3.63, 3.8) is 0 Å². The molecule has 0 aliphatic carbocycles. The molecule has 0 bridgehead atoms. The van der Waals surface area contributed by atoms with Gasteiger partial charge in [-0.1, -0.05) is 6.08 Å². The number of aldehydes is 1. The molecular weight excluding hydrogens is 256 g/mol. The minimum Gasteiger partial charge on any atom is -0.482 e. The van der Waals surface area contributed by atoms with E-state index >= 15 is 0 Å². The van der Waals surface area contributed by atoms with Crippen LogP contribution in [0.5, 0.6) is 5.75 Å². The number of ether oxygens (including phenoxy) is 1. The fourth-order valence-corrected chi connectivity index (χ4v) is 2.10. The molecule has 0 fully saturated rings. The Kier molecular flexibility index (Phi) is 2.43. The summed E-state index contributed by atoms with van der Waals surface area (Å²) in [5, 5.41) is 0. The van der Waals surface area contributed by atoms with Gasteiger partial charge in [-0.05, 0) is 48.0 Å². The number of carbonyl (C=O) groups is 1. The van der Waals surface area contributed by atoms with Gasteiger partial charge in [0.15, 0.2) is 0 Å². The average Bonchev–Trinajstić information content (AvgIpc) is 2.18. The SMILES string of the molecule is CC1(C)C=Cc2cc(C=O)cc(Br)c2O1. The molecule has 1 aliphatic heterocycles. The Bertz CT molecular complexity index is 447. The van der Waals surface area contributed by atoms with E-state index < -0.39 is 0 Å². The van der Waals surface area contributed by atoms with E-state index in [0.29, 0.717) is 5.56 Å². The third kappa shape index (κ3) is 1.97. The maximum absolute atomic E-state index is 10.7. The maximum Gasteiger partial charge on any atom is 0.150 e. The largest absolute Gasteiger partial charge is 0.482 e. The predicted molar refractivity (Wildman–Crippen MR) is 63.3 cm³/mol. The van der Waals surface area contributed by atoms with Gasteiger partial charge in [-0.25, -0.2) is 0 Å². The summed E-state index contributed by atoms with van der Waals surface area (Å²) in [6, 6.07) is 3.58. The Labute approximate surface area is 97.1 Å². The Morgan fingerprint density at radius 2 is 2.13 bits per heavy atom. The van der Waals surface area contributed by atoms with Gasteiger partial charge in [-0.2, -0.15) is 0 Å². The van der Waals surface area contributed by atoms with Gasteiger partial charge in [0.2, 0.25) is 0 Å². The summed E-state index contributed by atoms with van der Waals surface area (Å²) in [7, 11) is 0. The Hall–Kier alpha value is -1.09. The summed E-state index contributed by atoms with van der Waals surface area (Å²) in [6.07, 6.45) is 4.80. The number of hydrogen-bond donors (Lipinski definition) is 0. The number of carbonyl (C=O) groups excluding carboxylic acids is 1. The van der Waals surface area contributed by atoms with Crippen LogP contribution in [0.4, 0.5) is 0 Å². The molecule has 1 aromatic rings. The average molecular weight is 267 g/mol. The molecule has 15 heavy (non-hydrogen) atoms. The molecule has 0 radical (unpaired) electrons. The summed E-state index contributed by atoms with van der Waals surface area (Å²) in [4.78, 5) is 10.7. The lowest BCUT2D eigenvalue weighted by molar-refractivity contribution is 0.112. The fraction of sp³-hybridized carbons (Fsp3) is 0.250. The molecule has 0 saturated carbocycles. The molecule has 0 aromatic heterocycles. The molecule has 1 aromatic carbocycles. The summed E-state index contributed by atoms with van der Waals surface area (Å²) in [5.74, 6) is 0.799. The van der Waals surface area contributed by atoms with Crippen molar-refractivity contribution in [1.29, 1.82) is 0 Å². The standard InChI is InChI=1S/C12H11BrO2/c1-12(2)4-3-9-5-8(7-14)6-10(13)11(9)15-12/h3-7H,1-2H3. The Morgan fingerprint density at radius 3 is 2.80 bits per heavy atom. The van der Waals surface area contributed by atoms with Gasteiger partial charge < -0.3 is 4.74 Å². The minimum absolute atomic E-state index is 0.293. The highest BCUT2D eigenvalue weighted by Crippen LogP contribution is 2.37. The normalized spacial score (nSPS) is 16.7. The lowest BCUT2D eigenvalue weighted by Gasteiger charge is -2.28. The molecule has 0 N–H and O–H groups in total. The van der Waals surface area contributed by atoms with Crippen LogP contribution in [-0.2, 0) is 0 Å². The summed E-state index contributed by atoms with van der Waals surface area (Å²) < 4.78 is 6.62. The van der Waals surface area contributed by atoms with Crippen molar-refractivity contribution in [3.8, 4) is 5.75 Å². The van der Waals surface area contributed by atoms with E-state index in [1.54, 1.807) is 6.07 Å². The van der Waals surface area contributed by atoms with Crippen molar-refractivity contribution in [2.75, 3.05) is 0 Å². The topological polar surface area (TPSA) is 26.3 Å². The van der Waals surface area contributed by atoms with E-state index in [9.17, 15) is 4.79 Å². The Morgan fingerprint density at radius 1 is 1.40 bits per heavy atom. The predicted octanol–water partition coefficient (Wildman–Crippen LogP) is 3.45. The second kappa shape index (κ2) is 3.49. The lowest BCUT2D eigenvalue weighted by Crippen LogP contribution is -2.27. The molecule has 2 nitrogen and oxygen atoms in total. The zero-order valence-electron chi connectivity index (χ0n) is 8.58. The van der Waals surface area contributed by atoms with Crippen molar-refractivity contribution >= 4 is 28.3 Å². The van der Waals surface area contributed by atoms with Crippen LogP contribution in [0.3, 0.4) is 0 Å². The molecule has 0 amide bonds. The number of fused-ring (bicyclic) bond motifs is 1. The van der Waals surface area contributed by atoms with Crippen LogP contribution >= 0.6 is 15.9 Å². The van der Waals surface area contributed by atoms with Gasteiger partial charge in [0.25, 0.3) is 0 Å². The third-order valence-electron chi connectivity index (χ3n) is 2.26. The summed E-state index contributed by atoms with van der Waals surface area (Å²) in [6.45, 7) is 3.99. The summed E-state index contributed by atoms with van der Waals surface area (Å²) >= 11 is 3.41. The van der Waals surface area contributed by atoms with Crippen LogP contribution < -0.4 is 4.74 Å². The highest BCUT2D eigenvalue weighted by Gasteiger charge is 2.23. The van der Waals surface area contributed by atoms with Crippen molar-refractivity contribution in [2.24, 2.45) is 0 Å². The van der Waals surface area contributed by atoms with Gasteiger partial charge >= 0.3 is 0 Å². The van der Waals surface area contributed by atoms with Crippen molar-refractivity contribution < 1.29 is 9.53 Å². The first-order valence-electron chi connectivity index (χ1n) is 4.69. The van der Waals surface area contributed by atoms with Crippen LogP contribution in [-0.4, -0.2) is 11.9 Å². The first-order valence-corrected chi connectivity index (χ1v) is 5.48. The van der Waals surface area contributed by atoms with E-state index in [1.807, 2.05) is 32.1 Å². The zero-order valence-corrected chi connectivity index (χ0v) is 10.2. The second-order valence-electron chi connectivity index (χ2n) is 4.08. The van der Waals surface area contributed by atoms with Crippen LogP contribution in [0.15, 0.2) is 22.7 Å². The van der Waals surface area contributed by atoms with E-state index in [1.165, 1.54) is 0 Å². The maximum atomic E-state index is 10.7. The first-order chi connectivity index (χ1) is 7.02. The van der Waals surface area contributed by atoms with Crippen molar-refractivity contribution in [2.45, 2.75) is 19.4 Å². The van der Waals surface area contributed by atoms with Gasteiger partial charge in [-0.15, -0.1) is 0 Å². The molecule has 3 heteroatoms.